The van der Waals surface area contributed by atoms with E-state index in [0.29, 0.717) is 10.8 Å². The number of nitrogens with zero attached hydrogens (tertiary/aromatic N) is 4. The Balaban J connectivity index is 1.69. The number of hydrogen-bond acceptors (Lipinski definition) is 5. The highest BCUT2D eigenvalue weighted by atomic mass is 16.5. The van der Waals surface area contributed by atoms with E-state index in [1.165, 1.54) is 10.2 Å². The molecule has 0 aliphatic carbocycles. The van der Waals surface area contributed by atoms with E-state index < -0.39 is 0 Å². The SMILES string of the molecule is N=c1nc2n(n1O)CN=C(CCc1ccccc1)N2. The van der Waals surface area contributed by atoms with E-state index in [0.717, 1.165) is 18.7 Å². The van der Waals surface area contributed by atoms with Crippen LogP contribution < -0.4 is 10.9 Å². The fraction of sp³-hybridized carbons (Fsp3) is 0.250. The molecule has 7 heteroatoms. The zero-order valence-corrected chi connectivity index (χ0v) is 10.2. The minimum Gasteiger partial charge on any atom is -0.410 e. The summed E-state index contributed by atoms with van der Waals surface area (Å²) in [5.41, 5.74) is 1.04. The molecule has 2 heterocycles. The van der Waals surface area contributed by atoms with Gasteiger partial charge in [-0.3, -0.25) is 5.41 Å². The summed E-state index contributed by atoms with van der Waals surface area (Å²) in [4.78, 5) is 8.91. The van der Waals surface area contributed by atoms with Crippen molar-refractivity contribution in [3.63, 3.8) is 0 Å². The molecule has 0 spiro atoms. The van der Waals surface area contributed by atoms with Crippen LogP contribution in [0.2, 0.25) is 0 Å². The summed E-state index contributed by atoms with van der Waals surface area (Å²) in [6.07, 6.45) is 1.66. The first-order valence-corrected chi connectivity index (χ1v) is 6.02. The molecule has 1 aliphatic heterocycles. The molecule has 3 N–H and O–H groups in total. The van der Waals surface area contributed by atoms with E-state index in [-0.39, 0.29) is 12.3 Å². The van der Waals surface area contributed by atoms with Crippen molar-refractivity contribution in [3.8, 4) is 0 Å². The molecule has 1 aliphatic rings. The molecule has 0 saturated carbocycles. The van der Waals surface area contributed by atoms with Crippen molar-refractivity contribution in [2.75, 3.05) is 5.32 Å². The number of aromatic nitrogens is 3. The Bertz CT molecular complexity index is 669. The molecule has 1 aromatic heterocycles. The highest BCUT2D eigenvalue weighted by Gasteiger charge is 2.16. The third-order valence-corrected chi connectivity index (χ3v) is 3.02. The van der Waals surface area contributed by atoms with Crippen LogP contribution in [-0.2, 0) is 13.1 Å². The van der Waals surface area contributed by atoms with Crippen LogP contribution in [0.4, 0.5) is 5.95 Å². The third kappa shape index (κ3) is 2.22. The number of amidine groups is 1. The van der Waals surface area contributed by atoms with E-state index in [1.807, 2.05) is 18.2 Å². The Morgan fingerprint density at radius 2 is 2.05 bits per heavy atom. The number of hydrogen-bond donors (Lipinski definition) is 3. The second kappa shape index (κ2) is 4.60. The predicted octanol–water partition coefficient (Wildman–Crippen LogP) is 0.816. The Labute approximate surface area is 109 Å². The molecule has 3 rings (SSSR count). The van der Waals surface area contributed by atoms with Crippen LogP contribution in [0.5, 0.6) is 0 Å². The summed E-state index contributed by atoms with van der Waals surface area (Å²) in [5.74, 6) is 1.27. The van der Waals surface area contributed by atoms with Crippen LogP contribution in [0.3, 0.4) is 0 Å². The summed E-state index contributed by atoms with van der Waals surface area (Å²) in [6, 6.07) is 10.2. The molecule has 0 saturated heterocycles. The first kappa shape index (κ1) is 11.5. The zero-order valence-electron chi connectivity index (χ0n) is 10.2. The van der Waals surface area contributed by atoms with Crippen molar-refractivity contribution >= 4 is 11.8 Å². The van der Waals surface area contributed by atoms with Gasteiger partial charge < -0.3 is 10.5 Å². The number of benzene rings is 1. The van der Waals surface area contributed by atoms with E-state index in [9.17, 15) is 5.21 Å². The molecular formula is C12H14N6O. The van der Waals surface area contributed by atoms with Crippen LogP contribution in [0.1, 0.15) is 12.0 Å². The molecule has 2 aromatic rings. The van der Waals surface area contributed by atoms with Crippen LogP contribution in [0, 0.1) is 5.41 Å². The van der Waals surface area contributed by atoms with E-state index in [2.05, 4.69) is 27.4 Å². The van der Waals surface area contributed by atoms with Crippen molar-refractivity contribution < 1.29 is 5.21 Å². The number of aliphatic imine (C=N–C) groups is 1. The Morgan fingerprint density at radius 1 is 1.26 bits per heavy atom. The first-order valence-electron chi connectivity index (χ1n) is 6.02. The van der Waals surface area contributed by atoms with Gasteiger partial charge in [0.2, 0.25) is 5.95 Å². The Hall–Kier alpha value is -2.57. The van der Waals surface area contributed by atoms with Crippen LogP contribution in [-0.4, -0.2) is 25.6 Å². The largest absolute Gasteiger partial charge is 0.410 e. The number of fused-ring (bicyclic) bond motifs is 1. The van der Waals surface area contributed by atoms with Crippen molar-refractivity contribution in [2.45, 2.75) is 19.5 Å². The molecule has 1 aromatic carbocycles. The number of anilines is 1. The van der Waals surface area contributed by atoms with Gasteiger partial charge in [0.05, 0.1) is 0 Å². The summed E-state index contributed by atoms with van der Waals surface area (Å²) in [5, 5.41) is 19.9. The van der Waals surface area contributed by atoms with E-state index >= 15 is 0 Å². The summed E-state index contributed by atoms with van der Waals surface area (Å²) < 4.78 is 1.40. The second-order valence-electron chi connectivity index (χ2n) is 4.30. The minimum absolute atomic E-state index is 0.206. The summed E-state index contributed by atoms with van der Waals surface area (Å²) >= 11 is 0. The van der Waals surface area contributed by atoms with Crippen molar-refractivity contribution in [1.82, 2.24) is 14.5 Å². The zero-order chi connectivity index (χ0) is 13.2. The average molecular weight is 258 g/mol. The first-order chi connectivity index (χ1) is 9.24. The molecule has 0 fully saturated rings. The molecule has 98 valence electrons. The maximum Gasteiger partial charge on any atom is 0.278 e. The van der Waals surface area contributed by atoms with Gasteiger partial charge in [-0.05, 0) is 12.0 Å². The normalized spacial score (nSPS) is 13.6. The lowest BCUT2D eigenvalue weighted by molar-refractivity contribution is 0.0970. The Morgan fingerprint density at radius 3 is 2.84 bits per heavy atom. The maximum atomic E-state index is 9.50. The Kier molecular flexibility index (Phi) is 2.79. The molecular weight excluding hydrogens is 244 g/mol. The lowest BCUT2D eigenvalue weighted by Crippen LogP contribution is -2.26. The highest BCUT2D eigenvalue weighted by molar-refractivity contribution is 5.94. The third-order valence-electron chi connectivity index (χ3n) is 3.02. The fourth-order valence-electron chi connectivity index (χ4n) is 2.00. The second-order valence-corrected chi connectivity index (χ2v) is 4.30. The van der Waals surface area contributed by atoms with Crippen molar-refractivity contribution in [1.29, 1.82) is 5.41 Å². The number of rotatable bonds is 3. The van der Waals surface area contributed by atoms with E-state index in [4.69, 9.17) is 5.41 Å². The van der Waals surface area contributed by atoms with E-state index in [1.54, 1.807) is 0 Å². The van der Waals surface area contributed by atoms with Gasteiger partial charge in [-0.2, -0.15) is 9.67 Å². The molecule has 0 atom stereocenters. The molecule has 7 nitrogen and oxygen atoms in total. The standard InChI is InChI=1S/C12H14N6O/c13-11-16-12-15-10(14-8-17(12)18(11)19)7-6-9-4-2-1-3-5-9/h1-5,19H,6-8H2,(H2,13,14,15,16). The van der Waals surface area contributed by atoms with Crippen LogP contribution in [0.15, 0.2) is 35.3 Å². The average Bonchev–Trinajstić information content (AvgIpc) is 2.73. The monoisotopic (exact) mass is 258 g/mol. The predicted molar refractivity (Wildman–Crippen MR) is 69.1 cm³/mol. The van der Waals surface area contributed by atoms with Gasteiger partial charge in [0.15, 0.2) is 0 Å². The lowest BCUT2D eigenvalue weighted by atomic mass is 10.1. The summed E-state index contributed by atoms with van der Waals surface area (Å²) in [7, 11) is 0. The van der Waals surface area contributed by atoms with Gasteiger partial charge >= 0.3 is 0 Å². The van der Waals surface area contributed by atoms with Gasteiger partial charge in [-0.15, -0.1) is 0 Å². The number of nitrogens with one attached hydrogen (secondary N) is 2. The molecule has 0 amide bonds. The van der Waals surface area contributed by atoms with Crippen molar-refractivity contribution in [2.24, 2.45) is 4.99 Å². The lowest BCUT2D eigenvalue weighted by Gasteiger charge is -2.16. The number of aryl methyl sites for hydroxylation is 1. The quantitative estimate of drug-likeness (QED) is 0.712. The fourth-order valence-corrected chi connectivity index (χ4v) is 2.00. The van der Waals surface area contributed by atoms with Crippen molar-refractivity contribution in [3.05, 3.63) is 41.5 Å². The van der Waals surface area contributed by atoms with Crippen LogP contribution >= 0.6 is 0 Å². The summed E-state index contributed by atoms with van der Waals surface area (Å²) in [6.45, 7) is 0.273. The molecule has 0 radical (unpaired) electrons. The van der Waals surface area contributed by atoms with Gasteiger partial charge in [-0.25, -0.2) is 4.99 Å². The highest BCUT2D eigenvalue weighted by Crippen LogP contribution is 2.10. The molecule has 19 heavy (non-hydrogen) atoms. The van der Waals surface area contributed by atoms with Gasteiger partial charge in [0.1, 0.15) is 12.5 Å². The smallest absolute Gasteiger partial charge is 0.278 e. The molecule has 0 bridgehead atoms. The van der Waals surface area contributed by atoms with Crippen LogP contribution in [0.25, 0.3) is 0 Å². The minimum atomic E-state index is -0.206. The van der Waals surface area contributed by atoms with Gasteiger partial charge in [0.25, 0.3) is 5.62 Å². The topological polar surface area (TPSA) is 91.2 Å². The maximum absolute atomic E-state index is 9.50. The van der Waals surface area contributed by atoms with Gasteiger partial charge in [0, 0.05) is 6.42 Å². The molecule has 0 unspecified atom stereocenters. The van der Waals surface area contributed by atoms with Gasteiger partial charge in [-0.1, -0.05) is 35.2 Å².